The zero-order valence-electron chi connectivity index (χ0n) is 7.65. The summed E-state index contributed by atoms with van der Waals surface area (Å²) in [5.41, 5.74) is 2.76. The first kappa shape index (κ1) is 7.97. The summed E-state index contributed by atoms with van der Waals surface area (Å²) in [5, 5.41) is 11.1. The quantitative estimate of drug-likeness (QED) is 0.740. The minimum atomic E-state index is 0.811. The second-order valence-corrected chi connectivity index (χ2v) is 2.71. The molecule has 68 valence electrons. The van der Waals surface area contributed by atoms with Crippen molar-refractivity contribution in [3.8, 4) is 0 Å². The Hall–Kier alpha value is -1.65. The van der Waals surface area contributed by atoms with E-state index in [1.165, 1.54) is 0 Å². The summed E-state index contributed by atoms with van der Waals surface area (Å²) in [6.45, 7) is 2.84. The first-order chi connectivity index (χ1) is 6.36. The van der Waals surface area contributed by atoms with Gasteiger partial charge >= 0.3 is 0 Å². The number of anilines is 1. The molecular weight excluding hydrogens is 166 g/mol. The van der Waals surface area contributed by atoms with Gasteiger partial charge in [-0.1, -0.05) is 5.21 Å². The van der Waals surface area contributed by atoms with Crippen molar-refractivity contribution in [3.05, 3.63) is 12.4 Å². The maximum Gasteiger partial charge on any atom is 0.139 e. The van der Waals surface area contributed by atoms with Gasteiger partial charge in [-0.15, -0.1) is 5.10 Å². The number of nitrogens with one attached hydrogen (secondary N) is 1. The van der Waals surface area contributed by atoms with E-state index in [1.807, 2.05) is 18.7 Å². The second kappa shape index (κ2) is 3.01. The molecular formula is C8H11N5. The zero-order valence-corrected chi connectivity index (χ0v) is 7.65. The Morgan fingerprint density at radius 3 is 3.00 bits per heavy atom. The molecule has 0 spiro atoms. The Labute approximate surface area is 75.8 Å². The van der Waals surface area contributed by atoms with E-state index in [-0.39, 0.29) is 0 Å². The van der Waals surface area contributed by atoms with Crippen LogP contribution in [0.2, 0.25) is 0 Å². The summed E-state index contributed by atoms with van der Waals surface area (Å²) in [5.74, 6) is 0. The van der Waals surface area contributed by atoms with Crippen molar-refractivity contribution < 1.29 is 0 Å². The molecule has 5 nitrogen and oxygen atoms in total. The lowest BCUT2D eigenvalue weighted by atomic mass is 10.3. The standard InChI is InChI=1S/C8H11N5/c1-3-13-7-5-10-4-6(9-2)8(7)11-12-13/h4-5,9H,3H2,1-2H3. The average Bonchev–Trinajstić information content (AvgIpc) is 2.60. The van der Waals surface area contributed by atoms with Crippen molar-refractivity contribution in [2.75, 3.05) is 12.4 Å². The number of hydrogen-bond acceptors (Lipinski definition) is 4. The SMILES string of the molecule is CCn1nnc2c(NC)cncc21. The molecule has 13 heavy (non-hydrogen) atoms. The minimum Gasteiger partial charge on any atom is -0.385 e. The van der Waals surface area contributed by atoms with E-state index in [4.69, 9.17) is 0 Å². The molecule has 0 fully saturated rings. The lowest BCUT2D eigenvalue weighted by molar-refractivity contribution is 0.646. The summed E-state index contributed by atoms with van der Waals surface area (Å²) < 4.78 is 1.82. The van der Waals surface area contributed by atoms with Crippen molar-refractivity contribution in [3.63, 3.8) is 0 Å². The van der Waals surface area contributed by atoms with Crippen LogP contribution in [0.4, 0.5) is 5.69 Å². The van der Waals surface area contributed by atoms with Crippen molar-refractivity contribution in [1.29, 1.82) is 0 Å². The zero-order chi connectivity index (χ0) is 9.26. The van der Waals surface area contributed by atoms with Gasteiger partial charge in [0.1, 0.15) is 11.0 Å². The molecule has 0 aliphatic carbocycles. The molecule has 1 N–H and O–H groups in total. The smallest absolute Gasteiger partial charge is 0.139 e. The van der Waals surface area contributed by atoms with Crippen molar-refractivity contribution in [1.82, 2.24) is 20.0 Å². The normalized spacial score (nSPS) is 10.6. The van der Waals surface area contributed by atoms with Gasteiger partial charge in [0.05, 0.1) is 18.1 Å². The van der Waals surface area contributed by atoms with Crippen LogP contribution in [-0.2, 0) is 6.54 Å². The number of fused-ring (bicyclic) bond motifs is 1. The van der Waals surface area contributed by atoms with Crippen LogP contribution in [0.1, 0.15) is 6.92 Å². The van der Waals surface area contributed by atoms with E-state index >= 15 is 0 Å². The molecule has 5 heteroatoms. The first-order valence-electron chi connectivity index (χ1n) is 4.21. The Kier molecular flexibility index (Phi) is 1.84. The van der Waals surface area contributed by atoms with Gasteiger partial charge in [-0.05, 0) is 6.92 Å². The highest BCUT2D eigenvalue weighted by atomic mass is 15.4. The summed E-state index contributed by atoms with van der Waals surface area (Å²) in [6, 6.07) is 0. The van der Waals surface area contributed by atoms with E-state index in [2.05, 4.69) is 20.6 Å². The van der Waals surface area contributed by atoms with Crippen LogP contribution in [0.15, 0.2) is 12.4 Å². The van der Waals surface area contributed by atoms with E-state index in [0.29, 0.717) is 0 Å². The van der Waals surface area contributed by atoms with Crippen LogP contribution in [0.5, 0.6) is 0 Å². The predicted molar refractivity (Wildman–Crippen MR) is 50.5 cm³/mol. The molecule has 0 unspecified atom stereocenters. The molecule has 0 saturated heterocycles. The van der Waals surface area contributed by atoms with Gasteiger partial charge in [0.25, 0.3) is 0 Å². The molecule has 0 atom stereocenters. The highest BCUT2D eigenvalue weighted by Gasteiger charge is 2.06. The molecule has 2 aromatic heterocycles. The highest BCUT2D eigenvalue weighted by Crippen LogP contribution is 2.17. The lowest BCUT2D eigenvalue weighted by Crippen LogP contribution is -1.96. The fourth-order valence-corrected chi connectivity index (χ4v) is 1.30. The Morgan fingerprint density at radius 1 is 1.46 bits per heavy atom. The van der Waals surface area contributed by atoms with Gasteiger partial charge in [0, 0.05) is 13.6 Å². The Balaban J connectivity index is 2.72. The van der Waals surface area contributed by atoms with E-state index in [0.717, 1.165) is 23.3 Å². The van der Waals surface area contributed by atoms with E-state index in [1.54, 1.807) is 12.4 Å². The maximum atomic E-state index is 4.10. The Morgan fingerprint density at radius 2 is 2.31 bits per heavy atom. The van der Waals surface area contributed by atoms with Gasteiger partial charge < -0.3 is 5.32 Å². The van der Waals surface area contributed by atoms with Crippen LogP contribution in [0, 0.1) is 0 Å². The predicted octanol–water partition coefficient (Wildman–Crippen LogP) is 0.888. The molecule has 2 rings (SSSR count). The van der Waals surface area contributed by atoms with Gasteiger partial charge in [0.2, 0.25) is 0 Å². The minimum absolute atomic E-state index is 0.811. The van der Waals surface area contributed by atoms with Crippen molar-refractivity contribution in [2.24, 2.45) is 0 Å². The molecule has 2 aromatic rings. The monoisotopic (exact) mass is 177 g/mol. The number of rotatable bonds is 2. The number of pyridine rings is 1. The van der Waals surface area contributed by atoms with Crippen LogP contribution >= 0.6 is 0 Å². The Bertz CT molecular complexity index is 419. The van der Waals surface area contributed by atoms with Crippen LogP contribution < -0.4 is 5.32 Å². The number of aryl methyl sites for hydroxylation is 1. The number of hydrogen-bond donors (Lipinski definition) is 1. The summed E-state index contributed by atoms with van der Waals surface area (Å²) >= 11 is 0. The van der Waals surface area contributed by atoms with Gasteiger partial charge in [0.15, 0.2) is 0 Å². The summed E-state index contributed by atoms with van der Waals surface area (Å²) in [7, 11) is 1.85. The van der Waals surface area contributed by atoms with Gasteiger partial charge in [-0.25, -0.2) is 4.68 Å². The largest absolute Gasteiger partial charge is 0.385 e. The molecule has 0 aliphatic rings. The topological polar surface area (TPSA) is 55.6 Å². The number of nitrogens with zero attached hydrogens (tertiary/aromatic N) is 4. The first-order valence-corrected chi connectivity index (χ1v) is 4.21. The van der Waals surface area contributed by atoms with Crippen molar-refractivity contribution in [2.45, 2.75) is 13.5 Å². The van der Waals surface area contributed by atoms with Crippen LogP contribution in [0.3, 0.4) is 0 Å². The molecule has 0 saturated carbocycles. The third-order valence-corrected chi connectivity index (χ3v) is 2.00. The van der Waals surface area contributed by atoms with E-state index in [9.17, 15) is 0 Å². The highest BCUT2D eigenvalue weighted by molar-refractivity contribution is 5.86. The van der Waals surface area contributed by atoms with Crippen LogP contribution in [-0.4, -0.2) is 27.0 Å². The molecule has 0 aromatic carbocycles. The van der Waals surface area contributed by atoms with E-state index < -0.39 is 0 Å². The maximum absolute atomic E-state index is 4.10. The summed E-state index contributed by atoms with van der Waals surface area (Å²) in [4.78, 5) is 4.10. The third-order valence-electron chi connectivity index (χ3n) is 2.00. The molecule has 0 radical (unpaired) electrons. The fraction of sp³-hybridized carbons (Fsp3) is 0.375. The second-order valence-electron chi connectivity index (χ2n) is 2.71. The molecule has 0 amide bonds. The summed E-state index contributed by atoms with van der Waals surface area (Å²) in [6.07, 6.45) is 3.52. The fourth-order valence-electron chi connectivity index (χ4n) is 1.30. The van der Waals surface area contributed by atoms with Crippen LogP contribution in [0.25, 0.3) is 11.0 Å². The van der Waals surface area contributed by atoms with Gasteiger partial charge in [-0.3, -0.25) is 4.98 Å². The lowest BCUT2D eigenvalue weighted by Gasteiger charge is -1.99. The third kappa shape index (κ3) is 1.12. The average molecular weight is 177 g/mol. The molecule has 0 aliphatic heterocycles. The van der Waals surface area contributed by atoms with Crippen molar-refractivity contribution >= 4 is 16.7 Å². The molecule has 0 bridgehead atoms. The molecule has 2 heterocycles. The van der Waals surface area contributed by atoms with Gasteiger partial charge in [-0.2, -0.15) is 0 Å². The number of aromatic nitrogens is 4.